The van der Waals surface area contributed by atoms with E-state index in [1.807, 2.05) is 18.3 Å². The van der Waals surface area contributed by atoms with Crippen molar-refractivity contribution in [2.75, 3.05) is 18.6 Å². The van der Waals surface area contributed by atoms with Gasteiger partial charge in [0.2, 0.25) is 5.95 Å². The third kappa shape index (κ3) is 2.69. The standard InChI is InChI=1S/C20H23N5O2/c1-3-13-10-21-17-11-24(6-7-25(13)17)20-22-16-9-14(27-2)8-15(12-4-5-12)18(16)19(26)23-20/h8-10,12H,3-7,11H2,1-2H3,(H,22,23,26). The van der Waals surface area contributed by atoms with Gasteiger partial charge < -0.3 is 14.2 Å². The first-order chi connectivity index (χ1) is 13.2. The second kappa shape index (κ2) is 6.11. The molecule has 0 radical (unpaired) electrons. The minimum atomic E-state index is -0.0669. The zero-order valence-corrected chi connectivity index (χ0v) is 15.7. The Labute approximate surface area is 157 Å². The van der Waals surface area contributed by atoms with Crippen molar-refractivity contribution in [3.63, 3.8) is 0 Å². The predicted molar refractivity (Wildman–Crippen MR) is 104 cm³/mol. The number of aromatic nitrogens is 4. The van der Waals surface area contributed by atoms with Crippen LogP contribution in [-0.4, -0.2) is 33.2 Å². The summed E-state index contributed by atoms with van der Waals surface area (Å²) in [5.74, 6) is 2.83. The van der Waals surface area contributed by atoms with Crippen LogP contribution < -0.4 is 15.2 Å². The Balaban J connectivity index is 1.57. The van der Waals surface area contributed by atoms with Crippen LogP contribution in [0.4, 0.5) is 5.95 Å². The van der Waals surface area contributed by atoms with Gasteiger partial charge in [-0.3, -0.25) is 9.78 Å². The molecular formula is C20H23N5O2. The fourth-order valence-electron chi connectivity index (χ4n) is 4.03. The number of aryl methyl sites for hydroxylation is 1. The lowest BCUT2D eigenvalue weighted by Crippen LogP contribution is -2.36. The van der Waals surface area contributed by atoms with Crippen molar-refractivity contribution in [2.45, 2.75) is 45.2 Å². The number of nitrogens with one attached hydrogen (secondary N) is 1. The number of hydrogen-bond donors (Lipinski definition) is 1. The molecule has 0 saturated heterocycles. The molecule has 0 amide bonds. The van der Waals surface area contributed by atoms with Gasteiger partial charge in [-0.25, -0.2) is 9.97 Å². The van der Waals surface area contributed by atoms with Gasteiger partial charge in [-0.2, -0.15) is 0 Å². The number of anilines is 1. The highest BCUT2D eigenvalue weighted by molar-refractivity contribution is 5.84. The smallest absolute Gasteiger partial charge is 0.260 e. The van der Waals surface area contributed by atoms with E-state index in [2.05, 4.69) is 26.4 Å². The summed E-state index contributed by atoms with van der Waals surface area (Å²) in [6.45, 7) is 4.44. The highest BCUT2D eigenvalue weighted by atomic mass is 16.5. The molecule has 1 aliphatic heterocycles. The minimum absolute atomic E-state index is 0.0669. The van der Waals surface area contributed by atoms with Crippen molar-refractivity contribution in [1.29, 1.82) is 0 Å². The Bertz CT molecular complexity index is 1080. The average Bonchev–Trinajstić information content (AvgIpc) is 3.46. The number of imidazole rings is 1. The first-order valence-corrected chi connectivity index (χ1v) is 9.58. The Kier molecular flexibility index (Phi) is 3.70. The molecule has 5 rings (SSSR count). The van der Waals surface area contributed by atoms with Crippen LogP contribution in [0.2, 0.25) is 0 Å². The molecule has 27 heavy (non-hydrogen) atoms. The van der Waals surface area contributed by atoms with E-state index in [9.17, 15) is 4.79 Å². The second-order valence-corrected chi connectivity index (χ2v) is 7.37. The van der Waals surface area contributed by atoms with Gasteiger partial charge in [0.25, 0.3) is 5.56 Å². The Hall–Kier alpha value is -2.83. The molecule has 0 spiro atoms. The van der Waals surface area contributed by atoms with Crippen LogP contribution in [0.5, 0.6) is 5.75 Å². The molecule has 1 saturated carbocycles. The van der Waals surface area contributed by atoms with Crippen molar-refractivity contribution in [2.24, 2.45) is 0 Å². The number of H-pyrrole nitrogens is 1. The van der Waals surface area contributed by atoms with Crippen molar-refractivity contribution in [1.82, 2.24) is 19.5 Å². The quantitative estimate of drug-likeness (QED) is 0.769. The lowest BCUT2D eigenvalue weighted by Gasteiger charge is -2.29. The predicted octanol–water partition coefficient (Wildman–Crippen LogP) is 2.59. The molecule has 1 aliphatic carbocycles. The highest BCUT2D eigenvalue weighted by Gasteiger charge is 2.28. The number of rotatable bonds is 4. The number of aromatic amines is 1. The van der Waals surface area contributed by atoms with Crippen molar-refractivity contribution >= 4 is 16.9 Å². The third-order valence-electron chi connectivity index (χ3n) is 5.66. The van der Waals surface area contributed by atoms with E-state index in [1.165, 1.54) is 5.69 Å². The van der Waals surface area contributed by atoms with Gasteiger partial charge in [-0.15, -0.1) is 0 Å². The summed E-state index contributed by atoms with van der Waals surface area (Å²) in [5.41, 5.74) is 2.95. The molecule has 3 heterocycles. The molecule has 7 heteroatoms. The first kappa shape index (κ1) is 16.4. The SMILES string of the molecule is CCc1cnc2n1CCN(c1nc3cc(OC)cc(C4CC4)c3c(=O)[nH]1)C2. The van der Waals surface area contributed by atoms with E-state index >= 15 is 0 Å². The monoisotopic (exact) mass is 365 g/mol. The Morgan fingerprint density at radius 3 is 2.89 bits per heavy atom. The number of nitrogens with zero attached hydrogens (tertiary/aromatic N) is 4. The maximum Gasteiger partial charge on any atom is 0.260 e. The molecule has 1 aromatic carbocycles. The fraction of sp³-hybridized carbons (Fsp3) is 0.450. The summed E-state index contributed by atoms with van der Waals surface area (Å²) in [5, 5.41) is 0.703. The highest BCUT2D eigenvalue weighted by Crippen LogP contribution is 2.43. The summed E-state index contributed by atoms with van der Waals surface area (Å²) < 4.78 is 7.72. The molecular weight excluding hydrogens is 342 g/mol. The van der Waals surface area contributed by atoms with Crippen LogP contribution in [-0.2, 0) is 19.5 Å². The zero-order chi connectivity index (χ0) is 18.5. The topological polar surface area (TPSA) is 76.0 Å². The van der Waals surface area contributed by atoms with Crippen LogP contribution in [0.15, 0.2) is 23.1 Å². The van der Waals surface area contributed by atoms with E-state index in [1.54, 1.807) is 7.11 Å². The fourth-order valence-corrected chi connectivity index (χ4v) is 4.03. The van der Waals surface area contributed by atoms with Crippen LogP contribution in [0.3, 0.4) is 0 Å². The van der Waals surface area contributed by atoms with Crippen LogP contribution in [0.25, 0.3) is 10.9 Å². The van der Waals surface area contributed by atoms with Crippen LogP contribution >= 0.6 is 0 Å². The summed E-state index contributed by atoms with van der Waals surface area (Å²) in [7, 11) is 1.65. The lowest BCUT2D eigenvalue weighted by molar-refractivity contribution is 0.415. The van der Waals surface area contributed by atoms with Gasteiger partial charge in [-0.05, 0) is 36.8 Å². The largest absolute Gasteiger partial charge is 0.497 e. The molecule has 3 aromatic rings. The maximum absolute atomic E-state index is 12.9. The van der Waals surface area contributed by atoms with E-state index in [0.29, 0.717) is 29.3 Å². The van der Waals surface area contributed by atoms with Gasteiger partial charge in [0.15, 0.2) is 0 Å². The average molecular weight is 365 g/mol. The molecule has 0 unspecified atom stereocenters. The van der Waals surface area contributed by atoms with Crippen LogP contribution in [0.1, 0.15) is 42.8 Å². The van der Waals surface area contributed by atoms with Gasteiger partial charge in [0, 0.05) is 31.0 Å². The molecule has 1 N–H and O–H groups in total. The van der Waals surface area contributed by atoms with Crippen LogP contribution in [0, 0.1) is 0 Å². The van der Waals surface area contributed by atoms with E-state index < -0.39 is 0 Å². The van der Waals surface area contributed by atoms with Gasteiger partial charge >= 0.3 is 0 Å². The molecule has 1 fully saturated rings. The Morgan fingerprint density at radius 1 is 1.30 bits per heavy atom. The summed E-state index contributed by atoms with van der Waals surface area (Å²) in [4.78, 5) is 27.4. The number of methoxy groups -OCH3 is 1. The second-order valence-electron chi connectivity index (χ2n) is 7.37. The van der Waals surface area contributed by atoms with Gasteiger partial charge in [0.1, 0.15) is 11.6 Å². The van der Waals surface area contributed by atoms with E-state index in [-0.39, 0.29) is 5.56 Å². The molecule has 140 valence electrons. The number of fused-ring (bicyclic) bond motifs is 2. The molecule has 0 atom stereocenters. The lowest BCUT2D eigenvalue weighted by atomic mass is 10.0. The van der Waals surface area contributed by atoms with Crippen molar-refractivity contribution in [3.8, 4) is 5.75 Å². The molecule has 2 aliphatic rings. The van der Waals surface area contributed by atoms with E-state index in [4.69, 9.17) is 9.72 Å². The van der Waals surface area contributed by atoms with Gasteiger partial charge in [0.05, 0.1) is 24.6 Å². The Morgan fingerprint density at radius 2 is 2.15 bits per heavy atom. The van der Waals surface area contributed by atoms with E-state index in [0.717, 1.165) is 49.5 Å². The third-order valence-corrected chi connectivity index (χ3v) is 5.66. The molecule has 0 bridgehead atoms. The summed E-state index contributed by atoms with van der Waals surface area (Å²) in [6, 6.07) is 3.85. The normalized spacial score (nSPS) is 16.6. The summed E-state index contributed by atoms with van der Waals surface area (Å²) >= 11 is 0. The van der Waals surface area contributed by atoms with Crippen molar-refractivity contribution < 1.29 is 4.74 Å². The number of hydrogen-bond acceptors (Lipinski definition) is 5. The minimum Gasteiger partial charge on any atom is -0.497 e. The van der Waals surface area contributed by atoms with Gasteiger partial charge in [-0.1, -0.05) is 6.92 Å². The number of ether oxygens (including phenoxy) is 1. The summed E-state index contributed by atoms with van der Waals surface area (Å²) in [6.07, 6.45) is 5.17. The molecule has 2 aromatic heterocycles. The molecule has 7 nitrogen and oxygen atoms in total. The first-order valence-electron chi connectivity index (χ1n) is 9.58. The zero-order valence-electron chi connectivity index (χ0n) is 15.7. The maximum atomic E-state index is 12.9. The number of benzene rings is 1. The van der Waals surface area contributed by atoms with Crippen molar-refractivity contribution in [3.05, 3.63) is 45.8 Å².